The molecule has 0 aliphatic carbocycles. The van der Waals surface area contributed by atoms with Crippen molar-refractivity contribution in [2.24, 2.45) is 5.10 Å². The number of nitrogens with zero attached hydrogens (tertiary/aromatic N) is 4. The minimum absolute atomic E-state index is 0.477. The summed E-state index contributed by atoms with van der Waals surface area (Å²) in [6, 6.07) is 13.8. The van der Waals surface area contributed by atoms with Crippen molar-refractivity contribution in [3.63, 3.8) is 0 Å². The minimum Gasteiger partial charge on any atom is -0.342 e. The number of para-hydroxylation sites is 1. The second-order valence-corrected chi connectivity index (χ2v) is 7.55. The summed E-state index contributed by atoms with van der Waals surface area (Å²) in [6.45, 7) is 2.65. The Morgan fingerprint density at radius 2 is 2.04 bits per heavy atom. The molecule has 0 radical (unpaired) electrons. The summed E-state index contributed by atoms with van der Waals surface area (Å²) < 4.78 is 4.28. The van der Waals surface area contributed by atoms with Crippen LogP contribution in [0.2, 0.25) is 10.0 Å². The molecule has 0 atom stereocenters. The average molecular weight is 430 g/mol. The number of aryl methyl sites for hydroxylation is 1. The van der Waals surface area contributed by atoms with Crippen molar-refractivity contribution >= 4 is 52.5 Å². The van der Waals surface area contributed by atoms with Crippen molar-refractivity contribution in [3.8, 4) is 0 Å². The molecule has 0 aliphatic heterocycles. The van der Waals surface area contributed by atoms with Gasteiger partial charge in [-0.25, -0.2) is 0 Å². The quantitative estimate of drug-likeness (QED) is 0.326. The lowest BCUT2D eigenvalue weighted by molar-refractivity contribution is 0.780. The normalized spacial score (nSPS) is 11.7. The summed E-state index contributed by atoms with van der Waals surface area (Å²) in [4.78, 5) is 0. The van der Waals surface area contributed by atoms with Crippen molar-refractivity contribution in [3.05, 3.63) is 80.4 Å². The molecule has 0 unspecified atom stereocenters. The Balaban J connectivity index is 1.75. The van der Waals surface area contributed by atoms with Gasteiger partial charge in [-0.1, -0.05) is 54.4 Å². The van der Waals surface area contributed by atoms with Crippen LogP contribution in [0.25, 0.3) is 10.9 Å². The Morgan fingerprint density at radius 3 is 2.82 bits per heavy atom. The van der Waals surface area contributed by atoms with E-state index in [0.29, 0.717) is 21.4 Å². The molecule has 28 heavy (non-hydrogen) atoms. The van der Waals surface area contributed by atoms with Gasteiger partial charge in [-0.05, 0) is 36.0 Å². The Hall–Kier alpha value is -2.41. The number of aromatic amines is 1. The molecule has 0 saturated carbocycles. The average Bonchev–Trinajstić information content (AvgIpc) is 3.22. The van der Waals surface area contributed by atoms with Crippen LogP contribution in [0.5, 0.6) is 0 Å². The molecule has 0 saturated heterocycles. The first-order chi connectivity index (χ1) is 13.6. The molecular formula is C20H17Cl2N5S. The molecular weight excluding hydrogens is 413 g/mol. The lowest BCUT2D eigenvalue weighted by Gasteiger charge is -2.08. The van der Waals surface area contributed by atoms with Crippen molar-refractivity contribution in [1.29, 1.82) is 0 Å². The van der Waals surface area contributed by atoms with Gasteiger partial charge in [0.15, 0.2) is 5.82 Å². The van der Waals surface area contributed by atoms with Gasteiger partial charge < -0.3 is 4.57 Å². The maximum absolute atomic E-state index is 6.37. The monoisotopic (exact) mass is 429 g/mol. The van der Waals surface area contributed by atoms with E-state index in [-0.39, 0.29) is 0 Å². The van der Waals surface area contributed by atoms with Crippen molar-refractivity contribution in [2.45, 2.75) is 19.9 Å². The number of nitrogens with one attached hydrogen (secondary N) is 1. The number of aromatic nitrogens is 4. The second-order valence-electron chi connectivity index (χ2n) is 6.32. The van der Waals surface area contributed by atoms with Gasteiger partial charge in [0.05, 0.1) is 6.21 Å². The molecule has 142 valence electrons. The molecule has 0 aliphatic rings. The number of rotatable bonds is 5. The van der Waals surface area contributed by atoms with Gasteiger partial charge in [-0.3, -0.25) is 5.10 Å². The molecule has 0 bridgehead atoms. The third-order valence-corrected chi connectivity index (χ3v) is 5.37. The third-order valence-electron chi connectivity index (χ3n) is 4.52. The molecule has 2 heterocycles. The van der Waals surface area contributed by atoms with Gasteiger partial charge in [0.25, 0.3) is 0 Å². The SMILES string of the molecule is CCc1n[nH]c(=S)n1/N=C\c1cn(Cc2ccc(Cl)cc2Cl)c2ccccc12. The predicted molar refractivity (Wildman–Crippen MR) is 117 cm³/mol. The van der Waals surface area contributed by atoms with E-state index < -0.39 is 0 Å². The van der Waals surface area contributed by atoms with E-state index in [1.54, 1.807) is 10.7 Å². The molecule has 1 N–H and O–H groups in total. The maximum Gasteiger partial charge on any atom is 0.216 e. The lowest BCUT2D eigenvalue weighted by atomic mass is 10.2. The Bertz CT molecular complexity index is 1240. The Morgan fingerprint density at radius 1 is 1.21 bits per heavy atom. The van der Waals surface area contributed by atoms with Crippen LogP contribution in [0.4, 0.5) is 0 Å². The second kappa shape index (κ2) is 7.91. The summed E-state index contributed by atoms with van der Waals surface area (Å²) in [5, 5.41) is 13.9. The zero-order valence-corrected chi connectivity index (χ0v) is 17.4. The van der Waals surface area contributed by atoms with E-state index >= 15 is 0 Å². The molecule has 2 aromatic heterocycles. The van der Waals surface area contributed by atoms with Crippen LogP contribution in [0.15, 0.2) is 53.8 Å². The van der Waals surface area contributed by atoms with E-state index in [1.165, 1.54) is 0 Å². The maximum atomic E-state index is 6.37. The van der Waals surface area contributed by atoms with E-state index in [4.69, 9.17) is 35.4 Å². The van der Waals surface area contributed by atoms with Crippen molar-refractivity contribution < 1.29 is 0 Å². The number of fused-ring (bicyclic) bond motifs is 1. The van der Waals surface area contributed by atoms with Crippen LogP contribution in [-0.2, 0) is 13.0 Å². The topological polar surface area (TPSA) is 50.9 Å². The van der Waals surface area contributed by atoms with Gasteiger partial charge in [0, 0.05) is 45.7 Å². The fourth-order valence-electron chi connectivity index (χ4n) is 3.13. The summed E-state index contributed by atoms with van der Waals surface area (Å²) >= 11 is 17.7. The zero-order chi connectivity index (χ0) is 19.7. The van der Waals surface area contributed by atoms with E-state index in [0.717, 1.165) is 34.3 Å². The molecule has 0 amide bonds. The molecule has 0 fully saturated rings. The van der Waals surface area contributed by atoms with Crippen LogP contribution in [0.3, 0.4) is 0 Å². The fraction of sp³-hybridized carbons (Fsp3) is 0.150. The van der Waals surface area contributed by atoms with Gasteiger partial charge in [0.2, 0.25) is 4.77 Å². The fourth-order valence-corrected chi connectivity index (χ4v) is 3.80. The highest BCUT2D eigenvalue weighted by atomic mass is 35.5. The van der Waals surface area contributed by atoms with Gasteiger partial charge >= 0.3 is 0 Å². The molecule has 2 aromatic carbocycles. The van der Waals surface area contributed by atoms with Crippen molar-refractivity contribution in [2.75, 3.05) is 0 Å². The van der Waals surface area contributed by atoms with Crippen LogP contribution in [0, 0.1) is 4.77 Å². The predicted octanol–water partition coefficient (Wildman–Crippen LogP) is 5.70. The number of H-pyrrole nitrogens is 1. The first-order valence-corrected chi connectivity index (χ1v) is 9.95. The summed E-state index contributed by atoms with van der Waals surface area (Å²) in [5.74, 6) is 0.790. The highest BCUT2D eigenvalue weighted by Crippen LogP contribution is 2.25. The highest BCUT2D eigenvalue weighted by Gasteiger charge is 2.10. The first kappa shape index (κ1) is 18.9. The zero-order valence-electron chi connectivity index (χ0n) is 15.1. The van der Waals surface area contributed by atoms with Gasteiger partial charge in [-0.15, -0.1) is 0 Å². The molecule has 0 spiro atoms. The third kappa shape index (κ3) is 3.63. The van der Waals surface area contributed by atoms with Crippen LogP contribution in [-0.4, -0.2) is 25.7 Å². The van der Waals surface area contributed by atoms with E-state index in [2.05, 4.69) is 38.2 Å². The van der Waals surface area contributed by atoms with Gasteiger partial charge in [0.1, 0.15) is 0 Å². The smallest absolute Gasteiger partial charge is 0.216 e. The number of hydrogen-bond donors (Lipinski definition) is 1. The summed E-state index contributed by atoms with van der Waals surface area (Å²) in [7, 11) is 0. The van der Waals surface area contributed by atoms with E-state index in [9.17, 15) is 0 Å². The van der Waals surface area contributed by atoms with Crippen LogP contribution >= 0.6 is 35.4 Å². The minimum atomic E-state index is 0.477. The molecule has 8 heteroatoms. The first-order valence-electron chi connectivity index (χ1n) is 8.79. The summed E-state index contributed by atoms with van der Waals surface area (Å²) in [6.07, 6.45) is 4.61. The van der Waals surface area contributed by atoms with Gasteiger partial charge in [-0.2, -0.15) is 14.9 Å². The lowest BCUT2D eigenvalue weighted by Crippen LogP contribution is -1.99. The van der Waals surface area contributed by atoms with Crippen LogP contribution in [0.1, 0.15) is 23.9 Å². The molecule has 4 rings (SSSR count). The Kier molecular flexibility index (Phi) is 5.35. The molecule has 4 aromatic rings. The standard InChI is InChI=1S/C20H17Cl2N5S/c1-2-19-24-25-20(28)27(19)23-10-14-12-26(18-6-4-3-5-16(14)18)11-13-7-8-15(21)9-17(13)22/h3-10,12H,2,11H2,1H3,(H,25,28)/b23-10-. The van der Waals surface area contributed by atoms with E-state index in [1.807, 2.05) is 37.4 Å². The van der Waals surface area contributed by atoms with Crippen molar-refractivity contribution in [1.82, 2.24) is 19.4 Å². The highest BCUT2D eigenvalue weighted by molar-refractivity contribution is 7.71. The Labute approximate surface area is 177 Å². The summed E-state index contributed by atoms with van der Waals surface area (Å²) in [5.41, 5.74) is 3.09. The number of hydrogen-bond acceptors (Lipinski definition) is 3. The van der Waals surface area contributed by atoms with Crippen LogP contribution < -0.4 is 0 Å². The number of benzene rings is 2. The number of halogens is 2. The largest absolute Gasteiger partial charge is 0.342 e. The molecule has 5 nitrogen and oxygen atoms in total.